The highest BCUT2D eigenvalue weighted by Crippen LogP contribution is 2.17. The lowest BCUT2D eigenvalue weighted by Gasteiger charge is -2.21. The lowest BCUT2D eigenvalue weighted by molar-refractivity contribution is 0.0801. The molecule has 14 heavy (non-hydrogen) atoms. The maximum absolute atomic E-state index is 8.89. The van der Waals surface area contributed by atoms with Crippen LogP contribution in [0.4, 0.5) is 0 Å². The number of hydrogen-bond donors (Lipinski definition) is 3. The van der Waals surface area contributed by atoms with Gasteiger partial charge in [0.05, 0.1) is 12.2 Å². The molecule has 0 saturated carbocycles. The van der Waals surface area contributed by atoms with E-state index in [1.165, 1.54) is 0 Å². The SMILES string of the molecule is CC(O)C(C)(C)C.OC1CCNCC1. The molecular formula is C11H25NO2. The van der Waals surface area contributed by atoms with Crippen LogP contribution in [-0.2, 0) is 0 Å². The van der Waals surface area contributed by atoms with Gasteiger partial charge in [-0.15, -0.1) is 0 Å². The van der Waals surface area contributed by atoms with Crippen LogP contribution in [0, 0.1) is 5.41 Å². The summed E-state index contributed by atoms with van der Waals surface area (Å²) in [5.74, 6) is 0. The lowest BCUT2D eigenvalue weighted by atomic mass is 9.91. The maximum atomic E-state index is 8.89. The number of aliphatic hydroxyl groups is 2. The van der Waals surface area contributed by atoms with Crippen LogP contribution in [0.1, 0.15) is 40.5 Å². The Morgan fingerprint density at radius 3 is 1.71 bits per heavy atom. The molecule has 3 heteroatoms. The second-order valence-corrected chi connectivity index (χ2v) is 5.02. The van der Waals surface area contributed by atoms with Crippen LogP contribution < -0.4 is 5.32 Å². The molecule has 0 aromatic carbocycles. The van der Waals surface area contributed by atoms with Gasteiger partial charge in [-0.05, 0) is 38.3 Å². The van der Waals surface area contributed by atoms with Crippen LogP contribution in [0.2, 0.25) is 0 Å². The lowest BCUT2D eigenvalue weighted by Crippen LogP contribution is -2.30. The summed E-state index contributed by atoms with van der Waals surface area (Å²) in [5, 5.41) is 20.9. The molecule has 1 atom stereocenters. The van der Waals surface area contributed by atoms with Gasteiger partial charge in [0, 0.05) is 0 Å². The van der Waals surface area contributed by atoms with E-state index in [-0.39, 0.29) is 17.6 Å². The van der Waals surface area contributed by atoms with E-state index >= 15 is 0 Å². The van der Waals surface area contributed by atoms with Crippen molar-refractivity contribution in [2.75, 3.05) is 13.1 Å². The van der Waals surface area contributed by atoms with E-state index in [1.54, 1.807) is 6.92 Å². The van der Waals surface area contributed by atoms with Gasteiger partial charge in [0.1, 0.15) is 0 Å². The molecule has 3 N–H and O–H groups in total. The molecule has 1 unspecified atom stereocenters. The van der Waals surface area contributed by atoms with Gasteiger partial charge < -0.3 is 15.5 Å². The summed E-state index contributed by atoms with van der Waals surface area (Å²) < 4.78 is 0. The van der Waals surface area contributed by atoms with Crippen LogP contribution >= 0.6 is 0 Å². The number of piperidine rings is 1. The summed E-state index contributed by atoms with van der Waals surface area (Å²) in [6, 6.07) is 0. The number of aliphatic hydroxyl groups excluding tert-OH is 2. The average molecular weight is 203 g/mol. The third-order valence-electron chi connectivity index (χ3n) is 2.56. The first kappa shape index (κ1) is 13.9. The molecule has 1 aliphatic heterocycles. The van der Waals surface area contributed by atoms with Crippen molar-refractivity contribution < 1.29 is 10.2 Å². The highest BCUT2D eigenvalue weighted by atomic mass is 16.3. The minimum absolute atomic E-state index is 0.0266. The maximum Gasteiger partial charge on any atom is 0.0564 e. The quantitative estimate of drug-likeness (QED) is 0.553. The number of rotatable bonds is 0. The largest absolute Gasteiger partial charge is 0.393 e. The Morgan fingerprint density at radius 1 is 1.21 bits per heavy atom. The highest BCUT2D eigenvalue weighted by Gasteiger charge is 2.15. The second-order valence-electron chi connectivity index (χ2n) is 5.02. The molecule has 86 valence electrons. The Balaban J connectivity index is 0.000000241. The average Bonchev–Trinajstić information content (AvgIpc) is 2.04. The van der Waals surface area contributed by atoms with Gasteiger partial charge in [0.2, 0.25) is 0 Å². The predicted octanol–water partition coefficient (Wildman–Crippen LogP) is 1.14. The van der Waals surface area contributed by atoms with E-state index in [1.807, 2.05) is 20.8 Å². The Morgan fingerprint density at radius 2 is 1.57 bits per heavy atom. The molecule has 0 bridgehead atoms. The van der Waals surface area contributed by atoms with Gasteiger partial charge >= 0.3 is 0 Å². The molecule has 1 fully saturated rings. The molecule has 0 spiro atoms. The third-order valence-corrected chi connectivity index (χ3v) is 2.56. The Labute approximate surface area is 87.5 Å². The number of hydrogen-bond acceptors (Lipinski definition) is 3. The van der Waals surface area contributed by atoms with Crippen LogP contribution in [0.15, 0.2) is 0 Å². The fraction of sp³-hybridized carbons (Fsp3) is 1.00. The second kappa shape index (κ2) is 6.38. The molecule has 0 aromatic rings. The zero-order chi connectivity index (χ0) is 11.2. The van der Waals surface area contributed by atoms with Crippen LogP contribution in [0.5, 0.6) is 0 Å². The van der Waals surface area contributed by atoms with E-state index in [0.29, 0.717) is 0 Å². The molecule has 1 heterocycles. The standard InChI is InChI=1S/C6H14O.C5H11NO/c1-5(7)6(2,3)4;7-5-1-3-6-4-2-5/h5,7H,1-4H3;5-7H,1-4H2. The minimum Gasteiger partial charge on any atom is -0.393 e. The summed E-state index contributed by atoms with van der Waals surface area (Å²) in [7, 11) is 0. The molecular weight excluding hydrogens is 178 g/mol. The topological polar surface area (TPSA) is 52.5 Å². The fourth-order valence-electron chi connectivity index (χ4n) is 0.807. The predicted molar refractivity (Wildman–Crippen MR) is 59.2 cm³/mol. The van der Waals surface area contributed by atoms with E-state index in [0.717, 1.165) is 25.9 Å². The fourth-order valence-corrected chi connectivity index (χ4v) is 0.807. The van der Waals surface area contributed by atoms with Gasteiger partial charge in [-0.1, -0.05) is 20.8 Å². The minimum atomic E-state index is -0.201. The van der Waals surface area contributed by atoms with Gasteiger partial charge in [0.15, 0.2) is 0 Å². The molecule has 1 aliphatic rings. The normalized spacial score (nSPS) is 21.0. The Kier molecular flexibility index (Phi) is 6.33. The zero-order valence-corrected chi connectivity index (χ0v) is 9.88. The number of nitrogens with one attached hydrogen (secondary N) is 1. The first-order valence-electron chi connectivity index (χ1n) is 5.41. The van der Waals surface area contributed by atoms with Crippen molar-refractivity contribution in [2.45, 2.75) is 52.7 Å². The summed E-state index contributed by atoms with van der Waals surface area (Å²) in [6.07, 6.45) is 1.63. The molecule has 1 saturated heterocycles. The van der Waals surface area contributed by atoms with Crippen molar-refractivity contribution in [3.63, 3.8) is 0 Å². The van der Waals surface area contributed by atoms with Crippen LogP contribution in [0.25, 0.3) is 0 Å². The van der Waals surface area contributed by atoms with Crippen molar-refractivity contribution in [2.24, 2.45) is 5.41 Å². The monoisotopic (exact) mass is 203 g/mol. The molecule has 0 aromatic heterocycles. The molecule has 0 radical (unpaired) electrons. The third kappa shape index (κ3) is 7.30. The van der Waals surface area contributed by atoms with Crippen molar-refractivity contribution in [1.82, 2.24) is 5.32 Å². The van der Waals surface area contributed by atoms with Crippen molar-refractivity contribution >= 4 is 0 Å². The van der Waals surface area contributed by atoms with Gasteiger partial charge in [-0.25, -0.2) is 0 Å². The first-order chi connectivity index (χ1) is 6.34. The van der Waals surface area contributed by atoms with Gasteiger partial charge in [-0.2, -0.15) is 0 Å². The summed E-state index contributed by atoms with van der Waals surface area (Å²) in [4.78, 5) is 0. The molecule has 0 aliphatic carbocycles. The summed E-state index contributed by atoms with van der Waals surface area (Å²) >= 11 is 0. The van der Waals surface area contributed by atoms with E-state index in [9.17, 15) is 0 Å². The van der Waals surface area contributed by atoms with Crippen molar-refractivity contribution in [3.05, 3.63) is 0 Å². The first-order valence-corrected chi connectivity index (χ1v) is 5.41. The van der Waals surface area contributed by atoms with E-state index in [4.69, 9.17) is 10.2 Å². The zero-order valence-electron chi connectivity index (χ0n) is 9.88. The van der Waals surface area contributed by atoms with Gasteiger partial charge in [-0.3, -0.25) is 0 Å². The van der Waals surface area contributed by atoms with Crippen LogP contribution in [0.3, 0.4) is 0 Å². The smallest absolute Gasteiger partial charge is 0.0564 e. The Hall–Kier alpha value is -0.120. The van der Waals surface area contributed by atoms with Crippen molar-refractivity contribution in [3.8, 4) is 0 Å². The van der Waals surface area contributed by atoms with Crippen molar-refractivity contribution in [1.29, 1.82) is 0 Å². The molecule has 0 amide bonds. The molecule has 1 rings (SSSR count). The van der Waals surface area contributed by atoms with Crippen LogP contribution in [-0.4, -0.2) is 35.5 Å². The van der Waals surface area contributed by atoms with E-state index < -0.39 is 0 Å². The van der Waals surface area contributed by atoms with Gasteiger partial charge in [0.25, 0.3) is 0 Å². The summed E-state index contributed by atoms with van der Waals surface area (Å²) in [6.45, 7) is 9.81. The molecule has 3 nitrogen and oxygen atoms in total. The summed E-state index contributed by atoms with van der Waals surface area (Å²) in [5.41, 5.74) is 0.0556. The highest BCUT2D eigenvalue weighted by molar-refractivity contribution is 4.66. The van der Waals surface area contributed by atoms with E-state index in [2.05, 4.69) is 5.32 Å². The Bertz CT molecular complexity index is 135.